The minimum Gasteiger partial charge on any atom is -0.480 e. The second-order valence-corrected chi connectivity index (χ2v) is 10.8. The number of aliphatic hydroxyl groups is 1. The standard InChI is InChI=1S/C26H24FN5O6/c27-14-9-28-15-2-4-19(34)32-12-26(36,20(14)21(15)32)11-25-7-5-24(6-8-25,13-38-25)31-23(35)16-1-3-17-22(29-16)30-18(33)10-37-17/h1-4,9,36H,5-8,10-13H2,(H,31,35)(H,29,30,33)/t24?,25?,26-/m0/s1. The van der Waals surface area contributed by atoms with Gasteiger partial charge >= 0.3 is 0 Å². The number of hydrogen-bond donors (Lipinski definition) is 3. The van der Waals surface area contributed by atoms with Gasteiger partial charge in [0.25, 0.3) is 17.4 Å². The summed E-state index contributed by atoms with van der Waals surface area (Å²) in [6.07, 6.45) is 3.47. The second kappa shape index (κ2) is 7.81. The number of nitrogens with zero attached hydrogens (tertiary/aromatic N) is 3. The minimum absolute atomic E-state index is 0.0711. The zero-order valence-electron chi connectivity index (χ0n) is 20.3. The lowest BCUT2D eigenvalue weighted by atomic mass is 9.67. The van der Waals surface area contributed by atoms with E-state index in [2.05, 4.69) is 20.6 Å². The van der Waals surface area contributed by atoms with Crippen LogP contribution in [0.5, 0.6) is 5.75 Å². The number of pyridine rings is 3. The van der Waals surface area contributed by atoms with Gasteiger partial charge in [0.1, 0.15) is 17.1 Å². The molecular weight excluding hydrogens is 497 g/mol. The van der Waals surface area contributed by atoms with Crippen molar-refractivity contribution < 1.29 is 28.6 Å². The number of anilines is 1. The van der Waals surface area contributed by atoms with Crippen molar-refractivity contribution in [2.45, 2.75) is 55.4 Å². The highest BCUT2D eigenvalue weighted by molar-refractivity contribution is 5.97. The van der Waals surface area contributed by atoms with Crippen molar-refractivity contribution in [2.75, 3.05) is 18.5 Å². The molecule has 11 nitrogen and oxygen atoms in total. The Balaban J connectivity index is 1.09. The van der Waals surface area contributed by atoms with Crippen LogP contribution < -0.4 is 20.9 Å². The first-order valence-electron chi connectivity index (χ1n) is 12.5. The summed E-state index contributed by atoms with van der Waals surface area (Å²) in [6.45, 7) is 0.0537. The van der Waals surface area contributed by atoms with E-state index in [4.69, 9.17) is 9.47 Å². The van der Waals surface area contributed by atoms with Crippen molar-refractivity contribution in [1.29, 1.82) is 0 Å². The Bertz CT molecular complexity index is 1580. The zero-order valence-corrected chi connectivity index (χ0v) is 20.3. The SMILES string of the molecule is O=C1COc2ccc(C(=O)NC34CCC(C[C@]5(O)Cn6c(=O)ccc7ncc(F)c5c76)(CC3)OC4)nc2N1. The molecule has 1 atom stereocenters. The number of carbonyl (C=O) groups is 2. The molecule has 0 radical (unpaired) electrons. The molecule has 0 unspecified atom stereocenters. The minimum atomic E-state index is -1.63. The van der Waals surface area contributed by atoms with Crippen LogP contribution in [0.25, 0.3) is 11.0 Å². The lowest BCUT2D eigenvalue weighted by molar-refractivity contribution is -0.190. The molecule has 0 aromatic carbocycles. The molecule has 12 heteroatoms. The van der Waals surface area contributed by atoms with Crippen LogP contribution in [-0.4, -0.2) is 55.8 Å². The van der Waals surface area contributed by atoms with Gasteiger partial charge in [0.15, 0.2) is 18.2 Å². The Morgan fingerprint density at radius 2 is 2.00 bits per heavy atom. The molecule has 4 aliphatic heterocycles. The summed E-state index contributed by atoms with van der Waals surface area (Å²) >= 11 is 0. The summed E-state index contributed by atoms with van der Waals surface area (Å²) < 4.78 is 28.0. The fourth-order valence-corrected chi connectivity index (χ4v) is 6.40. The number of hydrogen-bond acceptors (Lipinski definition) is 8. The van der Waals surface area contributed by atoms with Gasteiger partial charge in [0.05, 0.1) is 41.5 Å². The van der Waals surface area contributed by atoms with Crippen molar-refractivity contribution in [3.63, 3.8) is 0 Å². The van der Waals surface area contributed by atoms with Crippen LogP contribution >= 0.6 is 0 Å². The van der Waals surface area contributed by atoms with Gasteiger partial charge < -0.3 is 29.8 Å². The lowest BCUT2D eigenvalue weighted by Crippen LogP contribution is -2.64. The monoisotopic (exact) mass is 521 g/mol. The molecule has 2 bridgehead atoms. The average molecular weight is 522 g/mol. The van der Waals surface area contributed by atoms with E-state index in [0.29, 0.717) is 42.5 Å². The highest BCUT2D eigenvalue weighted by atomic mass is 19.1. The van der Waals surface area contributed by atoms with Crippen molar-refractivity contribution >= 4 is 28.7 Å². The molecule has 3 aromatic heterocycles. The van der Waals surface area contributed by atoms with Gasteiger partial charge in [0.2, 0.25) is 0 Å². The van der Waals surface area contributed by atoms with E-state index in [1.807, 2.05) is 0 Å². The van der Waals surface area contributed by atoms with Gasteiger partial charge in [-0.25, -0.2) is 9.37 Å². The molecule has 2 saturated heterocycles. The summed E-state index contributed by atoms with van der Waals surface area (Å²) in [6, 6.07) is 6.04. The Labute approximate surface area is 215 Å². The van der Waals surface area contributed by atoms with E-state index in [1.165, 1.54) is 22.8 Å². The van der Waals surface area contributed by atoms with Gasteiger partial charge in [-0.2, -0.15) is 0 Å². The molecule has 1 aliphatic carbocycles. The van der Waals surface area contributed by atoms with Gasteiger partial charge in [-0.1, -0.05) is 0 Å². The van der Waals surface area contributed by atoms with E-state index in [-0.39, 0.29) is 54.7 Å². The number of nitrogens with one attached hydrogen (secondary N) is 2. The van der Waals surface area contributed by atoms with Crippen LogP contribution in [0.1, 0.15) is 48.2 Å². The summed E-state index contributed by atoms with van der Waals surface area (Å²) in [7, 11) is 0. The highest BCUT2D eigenvalue weighted by Gasteiger charge is 2.55. The maximum atomic E-state index is 15.0. The Hall–Kier alpha value is -3.90. The van der Waals surface area contributed by atoms with Gasteiger partial charge in [-0.3, -0.25) is 19.4 Å². The first kappa shape index (κ1) is 23.2. The molecule has 3 fully saturated rings. The van der Waals surface area contributed by atoms with Gasteiger partial charge in [0, 0.05) is 18.1 Å². The first-order chi connectivity index (χ1) is 18.2. The topological polar surface area (TPSA) is 145 Å². The van der Waals surface area contributed by atoms with Crippen molar-refractivity contribution in [3.05, 3.63) is 57.9 Å². The van der Waals surface area contributed by atoms with Crippen molar-refractivity contribution in [1.82, 2.24) is 19.9 Å². The number of amides is 2. The lowest BCUT2D eigenvalue weighted by Gasteiger charge is -2.54. The number of fused-ring (bicyclic) bond motifs is 4. The van der Waals surface area contributed by atoms with Gasteiger partial charge in [-0.05, 0) is 43.9 Å². The summed E-state index contributed by atoms with van der Waals surface area (Å²) in [5, 5.41) is 17.4. The van der Waals surface area contributed by atoms with Crippen LogP contribution in [0.15, 0.2) is 35.3 Å². The molecule has 8 rings (SSSR count). The summed E-state index contributed by atoms with van der Waals surface area (Å²) in [4.78, 5) is 45.5. The molecule has 3 aromatic rings. The fraction of sp³-hybridized carbons (Fsp3) is 0.423. The molecule has 38 heavy (non-hydrogen) atoms. The van der Waals surface area contributed by atoms with Crippen LogP contribution in [-0.2, 0) is 21.7 Å². The maximum Gasteiger partial charge on any atom is 0.270 e. The molecular formula is C26H24FN5O6. The average Bonchev–Trinajstić information content (AvgIpc) is 3.22. The third-order valence-corrected chi connectivity index (χ3v) is 8.31. The third-order valence-electron chi connectivity index (χ3n) is 8.31. The molecule has 7 heterocycles. The van der Waals surface area contributed by atoms with Crippen molar-refractivity contribution in [2.24, 2.45) is 0 Å². The van der Waals surface area contributed by atoms with E-state index < -0.39 is 28.5 Å². The maximum absolute atomic E-state index is 15.0. The summed E-state index contributed by atoms with van der Waals surface area (Å²) in [5.41, 5.74) is -2.27. The van der Waals surface area contributed by atoms with Crippen LogP contribution in [0.3, 0.4) is 0 Å². The molecule has 5 aliphatic rings. The number of aromatic nitrogens is 3. The molecule has 2 amide bonds. The molecule has 1 saturated carbocycles. The van der Waals surface area contributed by atoms with E-state index >= 15 is 4.39 Å². The zero-order chi connectivity index (χ0) is 26.3. The predicted molar refractivity (Wildman–Crippen MR) is 130 cm³/mol. The molecule has 196 valence electrons. The third kappa shape index (κ3) is 3.43. The molecule has 0 spiro atoms. The second-order valence-electron chi connectivity index (χ2n) is 10.8. The largest absolute Gasteiger partial charge is 0.480 e. The normalized spacial score (nSPS) is 29.1. The molecule has 3 N–H and O–H groups in total. The van der Waals surface area contributed by atoms with E-state index in [0.717, 1.165) is 6.20 Å². The highest BCUT2D eigenvalue weighted by Crippen LogP contribution is 2.51. The van der Waals surface area contributed by atoms with Gasteiger partial charge in [-0.15, -0.1) is 0 Å². The van der Waals surface area contributed by atoms with Crippen LogP contribution in [0, 0.1) is 5.82 Å². The Kier molecular flexibility index (Phi) is 4.77. The van der Waals surface area contributed by atoms with Crippen LogP contribution in [0.2, 0.25) is 0 Å². The quantitative estimate of drug-likeness (QED) is 0.467. The first-order valence-corrected chi connectivity index (χ1v) is 12.5. The van der Waals surface area contributed by atoms with E-state index in [1.54, 1.807) is 6.07 Å². The van der Waals surface area contributed by atoms with Crippen LogP contribution in [0.4, 0.5) is 10.2 Å². The Morgan fingerprint density at radius 3 is 2.76 bits per heavy atom. The number of ether oxygens (including phenoxy) is 2. The number of halogens is 1. The van der Waals surface area contributed by atoms with E-state index in [9.17, 15) is 19.5 Å². The Morgan fingerprint density at radius 1 is 1.18 bits per heavy atom. The predicted octanol–water partition coefficient (Wildman–Crippen LogP) is 1.36. The van der Waals surface area contributed by atoms with Crippen molar-refractivity contribution in [3.8, 4) is 5.75 Å². The fourth-order valence-electron chi connectivity index (χ4n) is 6.40. The summed E-state index contributed by atoms with van der Waals surface area (Å²) in [5.74, 6) is -0.775. The number of rotatable bonds is 4. The smallest absolute Gasteiger partial charge is 0.270 e. The number of carbonyl (C=O) groups excluding carboxylic acids is 2.